The number of fused-ring (bicyclic) bond motifs is 2. The van der Waals surface area contributed by atoms with E-state index >= 15 is 0 Å². The predicted molar refractivity (Wildman–Crippen MR) is 146 cm³/mol. The lowest BCUT2D eigenvalue weighted by atomic mass is 10.1. The molecule has 7 aromatic rings. The number of pyridine rings is 3. The molecule has 0 unspecified atom stereocenters. The summed E-state index contributed by atoms with van der Waals surface area (Å²) in [4.78, 5) is 16.9. The first-order valence-corrected chi connectivity index (χ1v) is 12.7. The fourth-order valence-electron chi connectivity index (χ4n) is 4.49. The maximum Gasteiger partial charge on any atom is 0.181 e. The Morgan fingerprint density at radius 2 is 1.70 bits per heavy atom. The quantitative estimate of drug-likeness (QED) is 0.260. The topological polar surface area (TPSA) is 92.4 Å². The number of benzene rings is 1. The molecule has 0 radical (unpaired) electrons. The minimum absolute atomic E-state index is 0.484. The summed E-state index contributed by atoms with van der Waals surface area (Å²) in [7, 11) is 0. The number of hydrogen-bond acceptors (Lipinski definition) is 6. The zero-order valence-corrected chi connectivity index (χ0v) is 20.4. The molecule has 1 aromatic carbocycles. The van der Waals surface area contributed by atoms with Crippen molar-refractivity contribution < 1.29 is 4.74 Å². The van der Waals surface area contributed by atoms with Crippen molar-refractivity contribution in [1.82, 2.24) is 30.1 Å². The van der Waals surface area contributed by atoms with Crippen LogP contribution in [0.5, 0.6) is 5.75 Å². The first-order valence-electron chi connectivity index (χ1n) is 11.8. The lowest BCUT2D eigenvalue weighted by molar-refractivity contribution is 0.305. The van der Waals surface area contributed by atoms with Gasteiger partial charge in [0.1, 0.15) is 12.4 Å². The molecule has 0 aliphatic heterocycles. The van der Waals surface area contributed by atoms with E-state index in [1.165, 1.54) is 0 Å². The highest BCUT2D eigenvalue weighted by molar-refractivity contribution is 7.08. The fraction of sp³-hybridized carbons (Fsp3) is 0.0345. The molecule has 8 heteroatoms. The molecule has 37 heavy (non-hydrogen) atoms. The molecule has 6 aromatic heterocycles. The Balaban J connectivity index is 1.24. The van der Waals surface area contributed by atoms with Crippen LogP contribution in [0.3, 0.4) is 0 Å². The van der Waals surface area contributed by atoms with Crippen molar-refractivity contribution in [3.05, 3.63) is 102 Å². The third-order valence-electron chi connectivity index (χ3n) is 6.35. The second-order valence-corrected chi connectivity index (χ2v) is 9.50. The summed E-state index contributed by atoms with van der Waals surface area (Å²) in [5, 5.41) is 13.9. The summed E-state index contributed by atoms with van der Waals surface area (Å²) >= 11 is 1.68. The molecule has 7 rings (SSSR count). The number of nitrogens with one attached hydrogen (secondary N) is 2. The van der Waals surface area contributed by atoms with Crippen molar-refractivity contribution in [3.63, 3.8) is 0 Å². The van der Waals surface area contributed by atoms with Crippen molar-refractivity contribution in [2.75, 3.05) is 0 Å². The Morgan fingerprint density at radius 1 is 0.811 bits per heavy atom. The molecule has 2 N–H and O–H groups in total. The monoisotopic (exact) mass is 500 g/mol. The number of hydrogen-bond donors (Lipinski definition) is 2. The van der Waals surface area contributed by atoms with Crippen molar-refractivity contribution in [1.29, 1.82) is 0 Å². The van der Waals surface area contributed by atoms with Crippen molar-refractivity contribution >= 4 is 33.3 Å². The van der Waals surface area contributed by atoms with Crippen LogP contribution in [0, 0.1) is 0 Å². The van der Waals surface area contributed by atoms with Crippen molar-refractivity contribution in [3.8, 4) is 39.4 Å². The van der Waals surface area contributed by atoms with Gasteiger partial charge in [-0.2, -0.15) is 16.4 Å². The van der Waals surface area contributed by atoms with Crippen LogP contribution in [0.25, 0.3) is 55.6 Å². The summed E-state index contributed by atoms with van der Waals surface area (Å²) in [6.07, 6.45) is 9.12. The van der Waals surface area contributed by atoms with Crippen LogP contribution < -0.4 is 4.74 Å². The number of aromatic nitrogens is 6. The van der Waals surface area contributed by atoms with Crippen LogP contribution in [0.4, 0.5) is 0 Å². The van der Waals surface area contributed by atoms with Crippen molar-refractivity contribution in [2.24, 2.45) is 0 Å². The molecule has 0 aliphatic rings. The second kappa shape index (κ2) is 9.00. The Hall–Kier alpha value is -4.82. The SMILES string of the molecule is c1ccc(COc2cncc(-c3cnc4n[nH]c(-c5cc6c(-c7ccsc7)cncc6[nH]5)c4c3)c2)cc1. The molecule has 0 aliphatic carbocycles. The van der Waals surface area contributed by atoms with Crippen LogP contribution in [-0.2, 0) is 6.61 Å². The minimum Gasteiger partial charge on any atom is -0.487 e. The fourth-order valence-corrected chi connectivity index (χ4v) is 5.15. The van der Waals surface area contributed by atoms with Crippen LogP contribution in [0.1, 0.15) is 5.56 Å². The van der Waals surface area contributed by atoms with Gasteiger partial charge in [-0.15, -0.1) is 0 Å². The van der Waals surface area contributed by atoms with Gasteiger partial charge in [0, 0.05) is 46.1 Å². The standard InChI is InChI=1S/C29H20N6OS/c1-2-4-18(5-3-1)16-36-22-8-20(11-30-13-22)21-9-24-28(34-35-29(24)32-12-21)26-10-23-25(19-6-7-37-17-19)14-31-15-27(23)33-26/h1-15,17,33H,16H2,(H,32,34,35). The second-order valence-electron chi connectivity index (χ2n) is 8.72. The van der Waals surface area contributed by atoms with E-state index in [0.29, 0.717) is 18.0 Å². The van der Waals surface area contributed by atoms with E-state index < -0.39 is 0 Å². The number of ether oxygens (including phenoxy) is 1. The number of nitrogens with zero attached hydrogens (tertiary/aromatic N) is 4. The van der Waals surface area contributed by atoms with Crippen LogP contribution in [0.2, 0.25) is 0 Å². The maximum atomic E-state index is 5.98. The van der Waals surface area contributed by atoms with Gasteiger partial charge in [0.15, 0.2) is 5.65 Å². The van der Waals surface area contributed by atoms with Gasteiger partial charge in [0.05, 0.1) is 29.3 Å². The van der Waals surface area contributed by atoms with Gasteiger partial charge < -0.3 is 9.72 Å². The zero-order chi connectivity index (χ0) is 24.6. The number of aromatic amines is 2. The van der Waals surface area contributed by atoms with E-state index in [-0.39, 0.29) is 0 Å². The average Bonchev–Trinajstić information content (AvgIpc) is 3.71. The molecule has 0 amide bonds. The van der Waals surface area contributed by atoms with Crippen LogP contribution >= 0.6 is 11.3 Å². The molecular weight excluding hydrogens is 480 g/mol. The molecule has 0 saturated carbocycles. The Kier molecular flexibility index (Phi) is 5.22. The summed E-state index contributed by atoms with van der Waals surface area (Å²) in [5.74, 6) is 0.706. The van der Waals surface area contributed by atoms with E-state index in [0.717, 1.165) is 55.5 Å². The van der Waals surface area contributed by atoms with E-state index in [1.807, 2.05) is 61.2 Å². The van der Waals surface area contributed by atoms with E-state index in [4.69, 9.17) is 4.74 Å². The summed E-state index contributed by atoms with van der Waals surface area (Å²) < 4.78 is 5.98. The molecule has 0 fully saturated rings. The third kappa shape index (κ3) is 4.03. The average molecular weight is 501 g/mol. The van der Waals surface area contributed by atoms with Gasteiger partial charge in [-0.25, -0.2) is 4.98 Å². The highest BCUT2D eigenvalue weighted by atomic mass is 32.1. The van der Waals surface area contributed by atoms with Gasteiger partial charge in [0.25, 0.3) is 0 Å². The highest BCUT2D eigenvalue weighted by Gasteiger charge is 2.15. The normalized spacial score (nSPS) is 11.4. The molecule has 178 valence electrons. The smallest absolute Gasteiger partial charge is 0.181 e. The van der Waals surface area contributed by atoms with Crippen LogP contribution in [-0.4, -0.2) is 30.1 Å². The number of thiophene rings is 1. The maximum absolute atomic E-state index is 5.98. The van der Waals surface area contributed by atoms with Gasteiger partial charge >= 0.3 is 0 Å². The lowest BCUT2D eigenvalue weighted by Gasteiger charge is -2.08. The van der Waals surface area contributed by atoms with E-state index in [2.05, 4.69) is 59.1 Å². The van der Waals surface area contributed by atoms with Crippen LogP contribution in [0.15, 0.2) is 96.3 Å². The number of H-pyrrole nitrogens is 2. The molecule has 7 nitrogen and oxygen atoms in total. The molecular formula is C29H20N6OS. The molecule has 0 spiro atoms. The van der Waals surface area contributed by atoms with Gasteiger partial charge in [-0.1, -0.05) is 30.3 Å². The highest BCUT2D eigenvalue weighted by Crippen LogP contribution is 2.35. The van der Waals surface area contributed by atoms with Gasteiger partial charge in [-0.05, 0) is 46.2 Å². The predicted octanol–water partition coefficient (Wildman–Crippen LogP) is 6.87. The first kappa shape index (κ1) is 21.5. The largest absolute Gasteiger partial charge is 0.487 e. The van der Waals surface area contributed by atoms with E-state index in [1.54, 1.807) is 17.5 Å². The third-order valence-corrected chi connectivity index (χ3v) is 7.03. The Labute approximate surface area is 215 Å². The van der Waals surface area contributed by atoms with E-state index in [9.17, 15) is 0 Å². The molecule has 6 heterocycles. The summed E-state index contributed by atoms with van der Waals surface area (Å²) in [6.45, 7) is 0.484. The lowest BCUT2D eigenvalue weighted by Crippen LogP contribution is -1.96. The van der Waals surface area contributed by atoms with Crippen molar-refractivity contribution in [2.45, 2.75) is 6.61 Å². The summed E-state index contributed by atoms with van der Waals surface area (Å²) in [6, 6.07) is 18.4. The molecule has 0 bridgehead atoms. The Morgan fingerprint density at radius 3 is 2.59 bits per heavy atom. The minimum atomic E-state index is 0.484. The summed E-state index contributed by atoms with van der Waals surface area (Å²) in [5.41, 5.74) is 8.65. The van der Waals surface area contributed by atoms with Gasteiger partial charge in [0.2, 0.25) is 0 Å². The zero-order valence-electron chi connectivity index (χ0n) is 19.6. The number of rotatable bonds is 6. The molecule has 0 atom stereocenters. The van der Waals surface area contributed by atoms with Gasteiger partial charge in [-0.3, -0.25) is 15.1 Å². The molecule has 0 saturated heterocycles. The first-order chi connectivity index (χ1) is 18.3. The Bertz CT molecular complexity index is 1840.